The molecule has 1 aromatic carbocycles. The number of nitrogens with one attached hydrogen (secondary N) is 2. The molecule has 138 valence electrons. The van der Waals surface area contributed by atoms with Gasteiger partial charge in [-0.05, 0) is 44.1 Å². The molecule has 1 amide bonds. The van der Waals surface area contributed by atoms with Crippen molar-refractivity contribution in [1.82, 2.24) is 9.88 Å². The van der Waals surface area contributed by atoms with Crippen LogP contribution in [0.4, 0.5) is 5.69 Å². The molecule has 1 aliphatic rings. The fourth-order valence-electron chi connectivity index (χ4n) is 3.38. The smallest absolute Gasteiger partial charge is 0.325 e. The molecule has 8 heteroatoms. The number of nitrogens with zero attached hydrogens (tertiary/aromatic N) is 1. The molecule has 0 saturated carbocycles. The van der Waals surface area contributed by atoms with Crippen LogP contribution in [-0.2, 0) is 14.4 Å². The number of anilines is 1. The predicted molar refractivity (Wildman–Crippen MR) is 95.0 cm³/mol. The minimum Gasteiger partial charge on any atom is -0.481 e. The van der Waals surface area contributed by atoms with Crippen LogP contribution in [0.2, 0.25) is 0 Å². The van der Waals surface area contributed by atoms with E-state index in [4.69, 9.17) is 5.11 Å². The van der Waals surface area contributed by atoms with Crippen molar-refractivity contribution in [3.8, 4) is 0 Å². The number of rotatable bonds is 7. The summed E-state index contributed by atoms with van der Waals surface area (Å²) < 4.78 is 0. The van der Waals surface area contributed by atoms with E-state index >= 15 is 0 Å². The van der Waals surface area contributed by atoms with Crippen LogP contribution in [0.5, 0.6) is 0 Å². The van der Waals surface area contributed by atoms with E-state index in [0.29, 0.717) is 11.3 Å². The monoisotopic (exact) mass is 359 g/mol. The summed E-state index contributed by atoms with van der Waals surface area (Å²) in [5, 5.41) is 21.8. The molecule has 1 fully saturated rings. The van der Waals surface area contributed by atoms with Crippen molar-refractivity contribution in [1.29, 1.82) is 0 Å². The molecule has 1 atom stereocenters. The zero-order valence-corrected chi connectivity index (χ0v) is 14.2. The lowest BCUT2D eigenvalue weighted by Crippen LogP contribution is -2.31. The van der Waals surface area contributed by atoms with E-state index in [-0.39, 0.29) is 12.8 Å². The van der Waals surface area contributed by atoms with Crippen LogP contribution >= 0.6 is 0 Å². The molecule has 0 radical (unpaired) electrons. The van der Waals surface area contributed by atoms with Gasteiger partial charge < -0.3 is 20.5 Å². The van der Waals surface area contributed by atoms with Gasteiger partial charge in [0.25, 0.3) is 0 Å². The maximum absolute atomic E-state index is 11.9. The zero-order chi connectivity index (χ0) is 18.7. The summed E-state index contributed by atoms with van der Waals surface area (Å²) >= 11 is 0. The van der Waals surface area contributed by atoms with Gasteiger partial charge in [-0.2, -0.15) is 0 Å². The van der Waals surface area contributed by atoms with Gasteiger partial charge in [0, 0.05) is 34.8 Å². The third-order valence-electron chi connectivity index (χ3n) is 4.60. The van der Waals surface area contributed by atoms with Crippen molar-refractivity contribution < 1.29 is 24.6 Å². The minimum atomic E-state index is -1.03. The lowest BCUT2D eigenvalue weighted by molar-refractivity contribution is -0.143. The average Bonchev–Trinajstić information content (AvgIpc) is 3.24. The van der Waals surface area contributed by atoms with Crippen molar-refractivity contribution in [2.24, 2.45) is 0 Å². The topological polar surface area (TPSA) is 123 Å². The van der Waals surface area contributed by atoms with Gasteiger partial charge in [-0.15, -0.1) is 0 Å². The Kier molecular flexibility index (Phi) is 5.22. The van der Waals surface area contributed by atoms with Crippen molar-refractivity contribution in [2.45, 2.75) is 31.7 Å². The Balaban J connectivity index is 1.86. The Morgan fingerprint density at radius 1 is 1.15 bits per heavy atom. The molecule has 26 heavy (non-hydrogen) atoms. The molecule has 0 unspecified atom stereocenters. The van der Waals surface area contributed by atoms with Crippen LogP contribution in [-0.4, -0.2) is 51.0 Å². The third kappa shape index (κ3) is 3.85. The van der Waals surface area contributed by atoms with Crippen molar-refractivity contribution >= 4 is 34.4 Å². The van der Waals surface area contributed by atoms with E-state index < -0.39 is 23.9 Å². The number of aliphatic carboxylic acids is 2. The Morgan fingerprint density at radius 3 is 2.54 bits per heavy atom. The van der Waals surface area contributed by atoms with E-state index in [1.165, 1.54) is 0 Å². The molecule has 2 heterocycles. The normalized spacial score (nSPS) is 15.8. The lowest BCUT2D eigenvalue weighted by atomic mass is 10.0. The average molecular weight is 359 g/mol. The second-order valence-corrected chi connectivity index (χ2v) is 6.43. The number of H-pyrrole nitrogens is 1. The molecule has 3 rings (SSSR count). The van der Waals surface area contributed by atoms with Crippen LogP contribution in [0.3, 0.4) is 0 Å². The Morgan fingerprint density at radius 2 is 1.88 bits per heavy atom. The van der Waals surface area contributed by atoms with Gasteiger partial charge in [-0.25, -0.2) is 0 Å². The molecule has 1 aromatic heterocycles. The minimum absolute atomic E-state index is 0.112. The molecule has 8 nitrogen and oxygen atoms in total. The third-order valence-corrected chi connectivity index (χ3v) is 4.60. The number of carbonyl (C=O) groups is 3. The molecule has 1 aliphatic heterocycles. The number of carbonyl (C=O) groups excluding carboxylic acids is 1. The van der Waals surface area contributed by atoms with Gasteiger partial charge in [0.05, 0.1) is 6.42 Å². The van der Waals surface area contributed by atoms with Gasteiger partial charge in [0.2, 0.25) is 5.91 Å². The van der Waals surface area contributed by atoms with Crippen molar-refractivity contribution in [2.75, 3.05) is 18.4 Å². The lowest BCUT2D eigenvalue weighted by Gasteiger charge is -2.23. The van der Waals surface area contributed by atoms with Crippen LogP contribution in [0.25, 0.3) is 10.9 Å². The zero-order valence-electron chi connectivity index (χ0n) is 14.2. The number of aromatic nitrogens is 1. The highest BCUT2D eigenvalue weighted by Crippen LogP contribution is 2.32. The van der Waals surface area contributed by atoms with Crippen molar-refractivity contribution in [3.05, 3.63) is 30.0 Å². The second kappa shape index (κ2) is 7.57. The first-order valence-corrected chi connectivity index (χ1v) is 8.55. The van der Waals surface area contributed by atoms with Crippen LogP contribution in [0.1, 0.15) is 37.3 Å². The van der Waals surface area contributed by atoms with E-state index in [2.05, 4.69) is 10.3 Å². The molecular formula is C18H21N3O5. The SMILES string of the molecule is O=C(O)CCC(=O)Nc1ccc2[nH]cc([C@H](C(=O)O)N3CCCC3)c2c1. The van der Waals surface area contributed by atoms with Gasteiger partial charge in [0.1, 0.15) is 6.04 Å². The highest BCUT2D eigenvalue weighted by Gasteiger charge is 2.31. The molecule has 0 bridgehead atoms. The molecule has 1 saturated heterocycles. The summed E-state index contributed by atoms with van der Waals surface area (Å²) in [6.07, 6.45) is 3.32. The maximum Gasteiger partial charge on any atom is 0.325 e. The summed E-state index contributed by atoms with van der Waals surface area (Å²) in [5.74, 6) is -2.32. The summed E-state index contributed by atoms with van der Waals surface area (Å²) in [7, 11) is 0. The Bertz CT molecular complexity index is 838. The molecule has 0 aliphatic carbocycles. The molecule has 0 spiro atoms. The number of hydrogen-bond acceptors (Lipinski definition) is 4. The van der Waals surface area contributed by atoms with Crippen LogP contribution in [0, 0.1) is 0 Å². The number of carboxylic acid groups (broad SMARTS) is 2. The number of aromatic amines is 1. The van der Waals surface area contributed by atoms with E-state index in [0.717, 1.165) is 36.8 Å². The highest BCUT2D eigenvalue weighted by atomic mass is 16.4. The molecule has 2 aromatic rings. The number of likely N-dealkylation sites (tertiary alicyclic amines) is 1. The number of hydrogen-bond donors (Lipinski definition) is 4. The number of carboxylic acids is 2. The van der Waals surface area contributed by atoms with Gasteiger partial charge >= 0.3 is 11.9 Å². The predicted octanol–water partition coefficient (Wildman–Crippen LogP) is 2.19. The van der Waals surface area contributed by atoms with Crippen LogP contribution < -0.4 is 5.32 Å². The fraction of sp³-hybridized carbons (Fsp3) is 0.389. The largest absolute Gasteiger partial charge is 0.481 e. The molecule has 4 N–H and O–H groups in total. The number of amides is 1. The van der Waals surface area contributed by atoms with Gasteiger partial charge in [-0.1, -0.05) is 0 Å². The van der Waals surface area contributed by atoms with Gasteiger partial charge in [0.15, 0.2) is 0 Å². The first-order valence-electron chi connectivity index (χ1n) is 8.55. The number of benzene rings is 1. The first kappa shape index (κ1) is 17.9. The Labute approximate surface area is 149 Å². The van der Waals surface area contributed by atoms with E-state index in [1.807, 2.05) is 4.90 Å². The number of fused-ring (bicyclic) bond motifs is 1. The van der Waals surface area contributed by atoms with Crippen molar-refractivity contribution in [3.63, 3.8) is 0 Å². The highest BCUT2D eigenvalue weighted by molar-refractivity contribution is 5.96. The van der Waals surface area contributed by atoms with E-state index in [1.54, 1.807) is 24.4 Å². The maximum atomic E-state index is 11.9. The summed E-state index contributed by atoms with van der Waals surface area (Å²) in [4.78, 5) is 39.3. The van der Waals surface area contributed by atoms with Crippen LogP contribution in [0.15, 0.2) is 24.4 Å². The summed E-state index contributed by atoms with van der Waals surface area (Å²) in [6, 6.07) is 4.47. The summed E-state index contributed by atoms with van der Waals surface area (Å²) in [5.41, 5.74) is 1.96. The standard InChI is InChI=1S/C18H21N3O5/c22-15(5-6-16(23)24)20-11-3-4-14-12(9-11)13(10-19-14)17(18(25)26)21-7-1-2-8-21/h3-4,9-10,17,19H,1-2,5-8H2,(H,20,22)(H,23,24)(H,25,26)/t17-/m1/s1. The van der Waals surface area contributed by atoms with E-state index in [9.17, 15) is 19.5 Å². The molecular weight excluding hydrogens is 338 g/mol. The van der Waals surface area contributed by atoms with Gasteiger partial charge in [-0.3, -0.25) is 19.3 Å². The second-order valence-electron chi connectivity index (χ2n) is 6.43. The fourth-order valence-corrected chi connectivity index (χ4v) is 3.38. The summed E-state index contributed by atoms with van der Waals surface area (Å²) in [6.45, 7) is 1.49. The Hall–Kier alpha value is -2.87. The quantitative estimate of drug-likeness (QED) is 0.601. The first-order chi connectivity index (χ1) is 12.5.